The molecule has 0 aromatic carbocycles. The normalized spacial score (nSPS) is 26.9. The Morgan fingerprint density at radius 2 is 2.00 bits per heavy atom. The van der Waals surface area contributed by atoms with Gasteiger partial charge in [-0.15, -0.1) is 0 Å². The molecule has 0 spiro atoms. The van der Waals surface area contributed by atoms with E-state index in [0.29, 0.717) is 0 Å². The standard InChI is InChI=1S/C9H12N2O6.C3H4O2/c12-3-4-6(14)7(15)8(17-4)11-2-1-5(13)10-9(11)16;1-2-3(4)5/h1-2,4,6-8,12,14-15H,3H2,(H,10,13,16);2H,1H2,(H,4,5)/t4-,6-,7-,8-;/m1./s1. The minimum absolute atomic E-state index is 0.479. The number of H-pyrrole nitrogens is 1. The van der Waals surface area contributed by atoms with Gasteiger partial charge < -0.3 is 25.2 Å². The fourth-order valence-corrected chi connectivity index (χ4v) is 1.74. The molecule has 0 radical (unpaired) electrons. The molecule has 1 aromatic rings. The van der Waals surface area contributed by atoms with Gasteiger partial charge in [0.15, 0.2) is 6.23 Å². The average molecular weight is 316 g/mol. The summed E-state index contributed by atoms with van der Waals surface area (Å²) in [6.07, 6.45) is -2.75. The van der Waals surface area contributed by atoms with E-state index < -0.39 is 48.4 Å². The molecule has 0 amide bonds. The van der Waals surface area contributed by atoms with Crippen LogP contribution in [0.15, 0.2) is 34.5 Å². The number of rotatable bonds is 3. The zero-order valence-corrected chi connectivity index (χ0v) is 11.3. The Morgan fingerprint density at radius 1 is 1.41 bits per heavy atom. The molecule has 1 aliphatic heterocycles. The Kier molecular flexibility index (Phi) is 6.19. The largest absolute Gasteiger partial charge is 0.478 e. The molecule has 10 heteroatoms. The molecular weight excluding hydrogens is 300 g/mol. The van der Waals surface area contributed by atoms with Crippen molar-refractivity contribution >= 4 is 5.97 Å². The molecule has 0 bridgehead atoms. The lowest BCUT2D eigenvalue weighted by atomic mass is 10.1. The molecule has 122 valence electrons. The predicted octanol–water partition coefficient (Wildman–Crippen LogP) is -2.59. The lowest BCUT2D eigenvalue weighted by Crippen LogP contribution is -2.37. The number of carbonyl (C=O) groups is 1. The maximum Gasteiger partial charge on any atom is 0.330 e. The van der Waals surface area contributed by atoms with Gasteiger partial charge in [-0.3, -0.25) is 14.3 Å². The molecular formula is C12H16N2O8. The summed E-state index contributed by atoms with van der Waals surface area (Å²) in [5.41, 5.74) is -1.33. The van der Waals surface area contributed by atoms with Crippen LogP contribution in [-0.2, 0) is 9.53 Å². The highest BCUT2D eigenvalue weighted by Gasteiger charge is 2.43. The average Bonchev–Trinajstić information content (AvgIpc) is 2.76. The summed E-state index contributed by atoms with van der Waals surface area (Å²) >= 11 is 0. The summed E-state index contributed by atoms with van der Waals surface area (Å²) in [7, 11) is 0. The summed E-state index contributed by atoms with van der Waals surface area (Å²) in [5, 5.41) is 35.7. The molecule has 0 unspecified atom stereocenters. The maximum atomic E-state index is 11.4. The van der Waals surface area contributed by atoms with Crippen molar-refractivity contribution in [2.45, 2.75) is 24.5 Å². The quantitative estimate of drug-likeness (QED) is 0.379. The number of aliphatic hydroxyl groups excluding tert-OH is 3. The number of hydrogen-bond donors (Lipinski definition) is 5. The van der Waals surface area contributed by atoms with E-state index in [-0.39, 0.29) is 0 Å². The smallest absolute Gasteiger partial charge is 0.330 e. The van der Waals surface area contributed by atoms with Gasteiger partial charge in [0.2, 0.25) is 0 Å². The van der Waals surface area contributed by atoms with Gasteiger partial charge in [-0.2, -0.15) is 0 Å². The van der Waals surface area contributed by atoms with Gasteiger partial charge in [0.1, 0.15) is 18.3 Å². The Morgan fingerprint density at radius 3 is 2.41 bits per heavy atom. The monoisotopic (exact) mass is 316 g/mol. The number of nitrogens with one attached hydrogen (secondary N) is 1. The van der Waals surface area contributed by atoms with Crippen LogP contribution < -0.4 is 11.2 Å². The molecule has 4 atom stereocenters. The molecule has 10 nitrogen and oxygen atoms in total. The maximum absolute atomic E-state index is 11.4. The number of aromatic nitrogens is 2. The summed E-state index contributed by atoms with van der Waals surface area (Å²) in [6.45, 7) is 2.48. The Balaban J connectivity index is 0.000000422. The second-order valence-electron chi connectivity index (χ2n) is 4.29. The first-order valence-corrected chi connectivity index (χ1v) is 6.11. The van der Waals surface area contributed by atoms with Crippen LogP contribution in [0.1, 0.15) is 6.23 Å². The van der Waals surface area contributed by atoms with E-state index in [1.807, 2.05) is 4.98 Å². The van der Waals surface area contributed by atoms with Gasteiger partial charge in [-0.05, 0) is 0 Å². The van der Waals surface area contributed by atoms with Crippen molar-refractivity contribution in [1.82, 2.24) is 9.55 Å². The van der Waals surface area contributed by atoms with E-state index in [0.717, 1.165) is 22.9 Å². The second kappa shape index (κ2) is 7.66. The first-order valence-electron chi connectivity index (χ1n) is 6.11. The molecule has 0 saturated carbocycles. The van der Waals surface area contributed by atoms with Crippen LogP contribution in [0.4, 0.5) is 0 Å². The van der Waals surface area contributed by atoms with Gasteiger partial charge in [-0.1, -0.05) is 6.58 Å². The number of ether oxygens (including phenoxy) is 1. The van der Waals surface area contributed by atoms with E-state index in [1.54, 1.807) is 0 Å². The molecule has 2 rings (SSSR count). The van der Waals surface area contributed by atoms with E-state index >= 15 is 0 Å². The Bertz CT molecular complexity index is 637. The third-order valence-corrected chi connectivity index (χ3v) is 2.82. The van der Waals surface area contributed by atoms with Crippen molar-refractivity contribution in [2.75, 3.05) is 6.61 Å². The topological polar surface area (TPSA) is 162 Å². The highest BCUT2D eigenvalue weighted by Crippen LogP contribution is 2.27. The SMILES string of the molecule is C=CC(=O)O.O=c1ccn([C@@H]2O[C@H](CO)[C@@H](O)[C@H]2O)c(=O)[nH]1. The summed E-state index contributed by atoms with van der Waals surface area (Å²) in [6, 6.07) is 1.09. The van der Waals surface area contributed by atoms with Gasteiger partial charge in [-0.25, -0.2) is 9.59 Å². The number of aliphatic carboxylic acids is 1. The Labute approximate surface area is 123 Å². The highest BCUT2D eigenvalue weighted by atomic mass is 16.6. The number of carboxylic acid groups (broad SMARTS) is 1. The molecule has 1 aromatic heterocycles. The van der Waals surface area contributed by atoms with Crippen molar-refractivity contribution in [2.24, 2.45) is 0 Å². The number of carboxylic acids is 1. The van der Waals surface area contributed by atoms with E-state index in [4.69, 9.17) is 14.9 Å². The van der Waals surface area contributed by atoms with Crippen molar-refractivity contribution in [3.05, 3.63) is 45.8 Å². The van der Waals surface area contributed by atoms with Crippen LogP contribution in [-0.4, -0.2) is 60.9 Å². The van der Waals surface area contributed by atoms with Crippen LogP contribution >= 0.6 is 0 Å². The van der Waals surface area contributed by atoms with Gasteiger partial charge >= 0.3 is 11.7 Å². The van der Waals surface area contributed by atoms with Gasteiger partial charge in [0.25, 0.3) is 5.56 Å². The van der Waals surface area contributed by atoms with Crippen molar-refractivity contribution in [1.29, 1.82) is 0 Å². The summed E-state index contributed by atoms with van der Waals surface area (Å²) in [5.74, 6) is -0.981. The number of aliphatic hydroxyl groups is 3. The van der Waals surface area contributed by atoms with Crippen LogP contribution in [0, 0.1) is 0 Å². The van der Waals surface area contributed by atoms with Crippen LogP contribution in [0.5, 0.6) is 0 Å². The zero-order chi connectivity index (χ0) is 16.9. The first kappa shape index (κ1) is 17.8. The predicted molar refractivity (Wildman–Crippen MR) is 72.2 cm³/mol. The molecule has 2 heterocycles. The highest BCUT2D eigenvalue weighted by molar-refractivity contribution is 5.78. The van der Waals surface area contributed by atoms with Crippen LogP contribution in [0.25, 0.3) is 0 Å². The number of hydrogen-bond acceptors (Lipinski definition) is 7. The molecule has 1 aliphatic rings. The fraction of sp³-hybridized carbons (Fsp3) is 0.417. The van der Waals surface area contributed by atoms with Crippen LogP contribution in [0.2, 0.25) is 0 Å². The lowest BCUT2D eigenvalue weighted by Gasteiger charge is -2.16. The minimum Gasteiger partial charge on any atom is -0.478 e. The number of nitrogens with zero attached hydrogens (tertiary/aromatic N) is 1. The second-order valence-corrected chi connectivity index (χ2v) is 4.29. The summed E-state index contributed by atoms with van der Waals surface area (Å²) in [4.78, 5) is 33.6. The van der Waals surface area contributed by atoms with E-state index in [1.165, 1.54) is 0 Å². The zero-order valence-electron chi connectivity index (χ0n) is 11.3. The van der Waals surface area contributed by atoms with E-state index in [9.17, 15) is 24.6 Å². The van der Waals surface area contributed by atoms with Gasteiger partial charge in [0.05, 0.1) is 6.61 Å². The van der Waals surface area contributed by atoms with Crippen LogP contribution in [0.3, 0.4) is 0 Å². The third-order valence-electron chi connectivity index (χ3n) is 2.82. The van der Waals surface area contributed by atoms with E-state index in [2.05, 4.69) is 6.58 Å². The third kappa shape index (κ3) is 4.11. The fourth-order valence-electron chi connectivity index (χ4n) is 1.74. The lowest BCUT2D eigenvalue weighted by molar-refractivity contribution is -0.131. The minimum atomic E-state index is -1.35. The van der Waals surface area contributed by atoms with Gasteiger partial charge in [0, 0.05) is 18.3 Å². The molecule has 0 aliphatic carbocycles. The molecule has 1 fully saturated rings. The van der Waals surface area contributed by atoms with Crippen molar-refractivity contribution in [3.8, 4) is 0 Å². The molecule has 5 N–H and O–H groups in total. The first-order chi connectivity index (χ1) is 10.3. The molecule has 22 heavy (non-hydrogen) atoms. The van der Waals surface area contributed by atoms with Crippen molar-refractivity contribution in [3.63, 3.8) is 0 Å². The summed E-state index contributed by atoms with van der Waals surface area (Å²) < 4.78 is 6.08. The van der Waals surface area contributed by atoms with Crippen molar-refractivity contribution < 1.29 is 30.0 Å². The Hall–Kier alpha value is -2.27. The number of aromatic amines is 1. The molecule has 1 saturated heterocycles.